The second-order valence-electron chi connectivity index (χ2n) is 8.52. The van der Waals surface area contributed by atoms with Gasteiger partial charge in [-0.2, -0.15) is 0 Å². The molecule has 5 nitrogen and oxygen atoms in total. The lowest BCUT2D eigenvalue weighted by atomic mass is 9.76. The molecule has 2 aliphatic rings. The number of rotatable bonds is 4. The van der Waals surface area contributed by atoms with E-state index in [1.54, 1.807) is 0 Å². The van der Waals surface area contributed by atoms with Crippen molar-refractivity contribution >= 4 is 16.8 Å². The van der Waals surface area contributed by atoms with Crippen molar-refractivity contribution in [3.63, 3.8) is 0 Å². The molecular formula is C22H31N3O2. The Morgan fingerprint density at radius 2 is 2.04 bits per heavy atom. The molecule has 2 heterocycles. The Balaban J connectivity index is 1.49. The predicted octanol–water partition coefficient (Wildman–Crippen LogP) is 3.20. The van der Waals surface area contributed by atoms with Crippen molar-refractivity contribution in [2.24, 2.45) is 0 Å². The molecule has 1 aliphatic carbocycles. The first-order valence-electron chi connectivity index (χ1n) is 10.1. The number of fused-ring (bicyclic) bond motifs is 1. The molecule has 27 heavy (non-hydrogen) atoms. The number of hydrogen-bond acceptors (Lipinski definition) is 3. The molecule has 1 saturated carbocycles. The van der Waals surface area contributed by atoms with Gasteiger partial charge in [0.15, 0.2) is 0 Å². The number of carbonyl (C=O) groups excluding carboxylic acids is 1. The number of para-hydroxylation sites is 1. The van der Waals surface area contributed by atoms with Crippen LogP contribution in [0.5, 0.6) is 0 Å². The van der Waals surface area contributed by atoms with Crippen molar-refractivity contribution in [1.82, 2.24) is 14.8 Å². The van der Waals surface area contributed by atoms with Gasteiger partial charge in [-0.3, -0.25) is 4.79 Å². The summed E-state index contributed by atoms with van der Waals surface area (Å²) in [5, 5.41) is 1.14. The molecule has 0 bridgehead atoms. The van der Waals surface area contributed by atoms with E-state index in [1.807, 2.05) is 30.3 Å². The van der Waals surface area contributed by atoms with E-state index in [0.717, 1.165) is 48.8 Å². The van der Waals surface area contributed by atoms with Crippen molar-refractivity contribution in [3.05, 3.63) is 36.0 Å². The van der Waals surface area contributed by atoms with E-state index in [9.17, 15) is 4.79 Å². The van der Waals surface area contributed by atoms with Gasteiger partial charge in [0.25, 0.3) is 0 Å². The SMILES string of the molecule is CN(C)C1CC2(CCCO2)CCC1N(C)C(=O)Cc1c[nH]c2ccccc12. The van der Waals surface area contributed by atoms with Gasteiger partial charge in [0.1, 0.15) is 0 Å². The highest BCUT2D eigenvalue weighted by Crippen LogP contribution is 2.41. The van der Waals surface area contributed by atoms with Crippen LogP contribution in [0.15, 0.2) is 30.5 Å². The van der Waals surface area contributed by atoms with Crippen molar-refractivity contribution < 1.29 is 9.53 Å². The summed E-state index contributed by atoms with van der Waals surface area (Å²) in [5.41, 5.74) is 2.22. The number of likely N-dealkylation sites (N-methyl/N-ethyl adjacent to an activating group) is 2. The van der Waals surface area contributed by atoms with Crippen LogP contribution in [0.4, 0.5) is 0 Å². The first-order chi connectivity index (χ1) is 13.0. The normalized spacial score (nSPS) is 28.3. The minimum atomic E-state index is 0.0478. The van der Waals surface area contributed by atoms with E-state index < -0.39 is 0 Å². The molecule has 4 rings (SSSR count). The van der Waals surface area contributed by atoms with E-state index in [1.165, 1.54) is 6.42 Å². The Morgan fingerprint density at radius 1 is 1.22 bits per heavy atom. The van der Waals surface area contributed by atoms with Crippen molar-refractivity contribution in [3.8, 4) is 0 Å². The van der Waals surface area contributed by atoms with E-state index in [0.29, 0.717) is 12.5 Å². The molecule has 3 unspecified atom stereocenters. The number of aromatic amines is 1. The third kappa shape index (κ3) is 3.50. The number of amides is 1. The van der Waals surface area contributed by atoms with Crippen molar-refractivity contribution in [2.45, 2.75) is 56.2 Å². The molecule has 1 amide bonds. The molecule has 146 valence electrons. The fourth-order valence-corrected chi connectivity index (χ4v) is 5.06. The molecule has 1 aromatic heterocycles. The van der Waals surface area contributed by atoms with E-state index in [-0.39, 0.29) is 17.6 Å². The maximum Gasteiger partial charge on any atom is 0.227 e. The molecule has 1 aromatic carbocycles. The minimum Gasteiger partial charge on any atom is -0.375 e. The standard InChI is InChI=1S/C22H31N3O2/c1-24(2)20-14-22(10-6-12-27-22)11-9-19(20)25(3)21(26)13-16-15-23-18-8-5-4-7-17(16)18/h4-5,7-8,15,19-20,23H,6,9-14H2,1-3H3. The van der Waals surface area contributed by atoms with Crippen LogP contribution >= 0.6 is 0 Å². The van der Waals surface area contributed by atoms with Gasteiger partial charge in [0.2, 0.25) is 5.91 Å². The smallest absolute Gasteiger partial charge is 0.227 e. The highest BCUT2D eigenvalue weighted by molar-refractivity contribution is 5.88. The summed E-state index contributed by atoms with van der Waals surface area (Å²) in [4.78, 5) is 20.6. The molecule has 1 aliphatic heterocycles. The maximum absolute atomic E-state index is 13.1. The summed E-state index contributed by atoms with van der Waals surface area (Å²) in [5.74, 6) is 0.194. The fraction of sp³-hybridized carbons (Fsp3) is 0.591. The number of hydrogen-bond donors (Lipinski definition) is 1. The number of benzene rings is 1. The van der Waals surface area contributed by atoms with Crippen LogP contribution in [-0.4, -0.2) is 66.1 Å². The lowest BCUT2D eigenvalue weighted by Crippen LogP contribution is -2.57. The zero-order valence-electron chi connectivity index (χ0n) is 16.7. The van der Waals surface area contributed by atoms with Gasteiger partial charge in [0, 0.05) is 42.8 Å². The van der Waals surface area contributed by atoms with Crippen LogP contribution in [0.1, 0.15) is 37.7 Å². The highest BCUT2D eigenvalue weighted by Gasteiger charge is 2.46. The minimum absolute atomic E-state index is 0.0478. The van der Waals surface area contributed by atoms with Crippen LogP contribution in [0.3, 0.4) is 0 Å². The Morgan fingerprint density at radius 3 is 2.78 bits per heavy atom. The molecular weight excluding hydrogens is 338 g/mol. The Hall–Kier alpha value is -1.85. The van der Waals surface area contributed by atoms with Crippen LogP contribution in [0, 0.1) is 0 Å². The van der Waals surface area contributed by atoms with Gasteiger partial charge in [-0.15, -0.1) is 0 Å². The highest BCUT2D eigenvalue weighted by atomic mass is 16.5. The molecule has 2 aromatic rings. The average Bonchev–Trinajstić information content (AvgIpc) is 3.29. The quantitative estimate of drug-likeness (QED) is 0.900. The average molecular weight is 370 g/mol. The Kier molecular flexibility index (Phi) is 4.99. The third-order valence-electron chi connectivity index (χ3n) is 6.68. The lowest BCUT2D eigenvalue weighted by Gasteiger charge is -2.47. The second kappa shape index (κ2) is 7.28. The van der Waals surface area contributed by atoms with Crippen LogP contribution in [0.2, 0.25) is 0 Å². The van der Waals surface area contributed by atoms with Gasteiger partial charge in [-0.1, -0.05) is 18.2 Å². The van der Waals surface area contributed by atoms with E-state index >= 15 is 0 Å². The van der Waals surface area contributed by atoms with Gasteiger partial charge >= 0.3 is 0 Å². The summed E-state index contributed by atoms with van der Waals surface area (Å²) in [6, 6.07) is 8.76. The summed E-state index contributed by atoms with van der Waals surface area (Å²) >= 11 is 0. The Bertz CT molecular complexity index is 807. The number of H-pyrrole nitrogens is 1. The zero-order valence-corrected chi connectivity index (χ0v) is 16.7. The van der Waals surface area contributed by atoms with Gasteiger partial charge < -0.3 is 19.5 Å². The second-order valence-corrected chi connectivity index (χ2v) is 8.52. The topological polar surface area (TPSA) is 48.6 Å². The molecule has 1 spiro atoms. The van der Waals surface area contributed by atoms with Crippen LogP contribution in [-0.2, 0) is 16.0 Å². The summed E-state index contributed by atoms with van der Waals surface area (Å²) in [6.07, 6.45) is 7.85. The fourth-order valence-electron chi connectivity index (χ4n) is 5.06. The molecule has 5 heteroatoms. The number of carbonyl (C=O) groups is 1. The zero-order chi connectivity index (χ0) is 19.0. The first-order valence-corrected chi connectivity index (χ1v) is 10.1. The number of nitrogens with zero attached hydrogens (tertiary/aromatic N) is 2. The molecule has 3 atom stereocenters. The van der Waals surface area contributed by atoms with E-state index in [2.05, 4.69) is 36.1 Å². The maximum atomic E-state index is 13.1. The number of nitrogens with one attached hydrogen (secondary N) is 1. The van der Waals surface area contributed by atoms with Gasteiger partial charge in [-0.05, 0) is 57.8 Å². The van der Waals surface area contributed by atoms with Gasteiger partial charge in [0.05, 0.1) is 12.0 Å². The molecule has 1 saturated heterocycles. The summed E-state index contributed by atoms with van der Waals surface area (Å²) in [7, 11) is 6.24. The summed E-state index contributed by atoms with van der Waals surface area (Å²) < 4.78 is 6.15. The van der Waals surface area contributed by atoms with Crippen LogP contribution < -0.4 is 0 Å². The monoisotopic (exact) mass is 369 g/mol. The van der Waals surface area contributed by atoms with Crippen LogP contribution in [0.25, 0.3) is 10.9 Å². The lowest BCUT2D eigenvalue weighted by molar-refractivity contribution is -0.136. The van der Waals surface area contributed by atoms with E-state index in [4.69, 9.17) is 4.74 Å². The molecule has 0 radical (unpaired) electrons. The Labute approximate surface area is 161 Å². The summed E-state index contributed by atoms with van der Waals surface area (Å²) in [6.45, 7) is 0.889. The molecule has 2 fully saturated rings. The largest absolute Gasteiger partial charge is 0.375 e. The number of aromatic nitrogens is 1. The van der Waals surface area contributed by atoms with Gasteiger partial charge in [-0.25, -0.2) is 0 Å². The molecule has 1 N–H and O–H groups in total. The number of ether oxygens (including phenoxy) is 1. The first kappa shape index (κ1) is 18.5. The predicted molar refractivity (Wildman–Crippen MR) is 108 cm³/mol. The van der Waals surface area contributed by atoms with Crippen molar-refractivity contribution in [1.29, 1.82) is 0 Å². The van der Waals surface area contributed by atoms with Crippen molar-refractivity contribution in [2.75, 3.05) is 27.7 Å². The third-order valence-corrected chi connectivity index (χ3v) is 6.68.